The van der Waals surface area contributed by atoms with Crippen LogP contribution in [0.5, 0.6) is 0 Å². The van der Waals surface area contributed by atoms with E-state index in [1.807, 2.05) is 13.0 Å². The van der Waals surface area contributed by atoms with Crippen LogP contribution in [-0.4, -0.2) is 50.3 Å². The Morgan fingerprint density at radius 3 is 2.18 bits per heavy atom. The Morgan fingerprint density at radius 1 is 1.04 bits per heavy atom. The molecule has 2 N–H and O–H groups in total. The summed E-state index contributed by atoms with van der Waals surface area (Å²) in [6.45, 7) is 3.19. The Balaban J connectivity index is 2.31. The molecule has 0 saturated carbocycles. The Bertz CT molecular complexity index is 985. The largest absolute Gasteiger partial charge is 0.478 e. The minimum atomic E-state index is -3.91. The maximum Gasteiger partial charge on any atom is 0.335 e. The molecule has 8 nitrogen and oxygen atoms in total. The third kappa shape index (κ3) is 4.87. The lowest BCUT2D eigenvalue weighted by Crippen LogP contribution is -2.44. The topological polar surface area (TPSA) is 107 Å². The first-order chi connectivity index (χ1) is 13.0. The molecular formula is C19H23N3O5S. The van der Waals surface area contributed by atoms with Crippen LogP contribution in [0.25, 0.3) is 0 Å². The van der Waals surface area contributed by atoms with E-state index >= 15 is 0 Å². The highest BCUT2D eigenvalue weighted by Crippen LogP contribution is 2.25. The molecule has 0 spiro atoms. The normalized spacial score (nSPS) is 11.3. The van der Waals surface area contributed by atoms with Crippen LogP contribution in [0.4, 0.5) is 11.4 Å². The number of aryl methyl sites for hydroxylation is 2. The van der Waals surface area contributed by atoms with E-state index in [2.05, 4.69) is 5.32 Å². The smallest absolute Gasteiger partial charge is 0.335 e. The molecule has 0 aliphatic carbocycles. The number of carboxylic acid groups (broad SMARTS) is 1. The van der Waals surface area contributed by atoms with Gasteiger partial charge in [-0.1, -0.05) is 12.1 Å². The lowest BCUT2D eigenvalue weighted by molar-refractivity contribution is -0.114. The summed E-state index contributed by atoms with van der Waals surface area (Å²) in [6.07, 6.45) is 0. The second kappa shape index (κ2) is 8.41. The number of hydrogen-bond donors (Lipinski definition) is 2. The van der Waals surface area contributed by atoms with Crippen LogP contribution in [0.1, 0.15) is 21.5 Å². The van der Waals surface area contributed by atoms with Crippen molar-refractivity contribution in [2.45, 2.75) is 13.8 Å². The molecule has 0 aliphatic heterocycles. The van der Waals surface area contributed by atoms with E-state index in [4.69, 9.17) is 5.11 Å². The van der Waals surface area contributed by atoms with Crippen LogP contribution in [0.2, 0.25) is 0 Å². The molecular weight excluding hydrogens is 382 g/mol. The number of amides is 1. The fourth-order valence-corrected chi connectivity index (χ4v) is 3.62. The van der Waals surface area contributed by atoms with Gasteiger partial charge in [0.1, 0.15) is 6.54 Å². The standard InChI is InChI=1S/C19H23N3O5S/c1-13-5-6-14(2)17(11-13)22(28(26,27)21(3)4)12-18(23)20-16-9-7-15(8-10-16)19(24)25/h5-11H,12H2,1-4H3,(H,20,23)(H,24,25). The van der Waals surface area contributed by atoms with Crippen LogP contribution in [0.3, 0.4) is 0 Å². The van der Waals surface area contributed by atoms with Crippen LogP contribution in [-0.2, 0) is 15.0 Å². The minimum absolute atomic E-state index is 0.0881. The minimum Gasteiger partial charge on any atom is -0.478 e. The summed E-state index contributed by atoms with van der Waals surface area (Å²) >= 11 is 0. The molecule has 150 valence electrons. The number of rotatable bonds is 7. The summed E-state index contributed by atoms with van der Waals surface area (Å²) in [5.74, 6) is -1.62. The lowest BCUT2D eigenvalue weighted by atomic mass is 10.1. The zero-order valence-electron chi connectivity index (χ0n) is 16.1. The van der Waals surface area contributed by atoms with Gasteiger partial charge in [-0.05, 0) is 55.3 Å². The molecule has 0 radical (unpaired) electrons. The summed E-state index contributed by atoms with van der Waals surface area (Å²) in [5.41, 5.74) is 2.47. The van der Waals surface area contributed by atoms with Gasteiger partial charge >= 0.3 is 16.2 Å². The van der Waals surface area contributed by atoms with E-state index in [9.17, 15) is 18.0 Å². The molecule has 0 bridgehead atoms. The number of aromatic carboxylic acids is 1. The first kappa shape index (κ1) is 21.4. The van der Waals surface area contributed by atoms with Crippen molar-refractivity contribution in [1.82, 2.24) is 4.31 Å². The van der Waals surface area contributed by atoms with Crippen molar-refractivity contribution in [3.8, 4) is 0 Å². The molecule has 9 heteroatoms. The van der Waals surface area contributed by atoms with Crippen molar-refractivity contribution < 1.29 is 23.1 Å². The van der Waals surface area contributed by atoms with Crippen molar-refractivity contribution in [1.29, 1.82) is 0 Å². The average Bonchev–Trinajstić information content (AvgIpc) is 2.62. The van der Waals surface area contributed by atoms with E-state index < -0.39 is 28.6 Å². The highest BCUT2D eigenvalue weighted by Gasteiger charge is 2.28. The predicted molar refractivity (Wildman–Crippen MR) is 108 cm³/mol. The first-order valence-corrected chi connectivity index (χ1v) is 9.82. The zero-order chi connectivity index (χ0) is 21.1. The molecule has 0 heterocycles. The van der Waals surface area contributed by atoms with Crippen molar-refractivity contribution in [3.05, 3.63) is 59.2 Å². The quantitative estimate of drug-likeness (QED) is 0.735. The molecule has 2 aromatic rings. The highest BCUT2D eigenvalue weighted by atomic mass is 32.2. The number of carboxylic acids is 1. The van der Waals surface area contributed by atoms with Gasteiger partial charge in [-0.3, -0.25) is 4.79 Å². The predicted octanol–water partition coefficient (Wildman–Crippen LogP) is 2.25. The van der Waals surface area contributed by atoms with Gasteiger partial charge in [0.25, 0.3) is 0 Å². The number of carbonyl (C=O) groups excluding carboxylic acids is 1. The van der Waals surface area contributed by atoms with Crippen LogP contribution in [0.15, 0.2) is 42.5 Å². The molecule has 28 heavy (non-hydrogen) atoms. The van der Waals surface area contributed by atoms with E-state index in [-0.39, 0.29) is 5.56 Å². The molecule has 1 amide bonds. The number of nitrogens with zero attached hydrogens (tertiary/aromatic N) is 2. The van der Waals surface area contributed by atoms with Gasteiger partial charge in [0, 0.05) is 19.8 Å². The summed E-state index contributed by atoms with van der Waals surface area (Å²) in [5, 5.41) is 11.5. The van der Waals surface area contributed by atoms with Gasteiger partial charge in [-0.25, -0.2) is 9.10 Å². The number of nitrogens with one attached hydrogen (secondary N) is 1. The third-order valence-electron chi connectivity index (χ3n) is 4.08. The van der Waals surface area contributed by atoms with Gasteiger partial charge in [0.15, 0.2) is 0 Å². The molecule has 0 aliphatic rings. The van der Waals surface area contributed by atoms with Gasteiger partial charge in [0.2, 0.25) is 5.91 Å². The van der Waals surface area contributed by atoms with Crippen molar-refractivity contribution in [2.24, 2.45) is 0 Å². The Hall–Kier alpha value is -2.91. The lowest BCUT2D eigenvalue weighted by Gasteiger charge is -2.28. The molecule has 2 rings (SSSR count). The summed E-state index contributed by atoms with van der Waals surface area (Å²) < 4.78 is 27.7. The highest BCUT2D eigenvalue weighted by molar-refractivity contribution is 7.90. The van der Waals surface area contributed by atoms with Gasteiger partial charge in [0.05, 0.1) is 11.3 Å². The van der Waals surface area contributed by atoms with Crippen LogP contribution >= 0.6 is 0 Å². The van der Waals surface area contributed by atoms with Crippen molar-refractivity contribution >= 4 is 33.5 Å². The number of anilines is 2. The number of carbonyl (C=O) groups is 2. The number of hydrogen-bond acceptors (Lipinski definition) is 4. The fraction of sp³-hybridized carbons (Fsp3) is 0.263. The van der Waals surface area contributed by atoms with Crippen LogP contribution in [0, 0.1) is 13.8 Å². The second-order valence-electron chi connectivity index (χ2n) is 6.52. The summed E-state index contributed by atoms with van der Waals surface area (Å²) in [4.78, 5) is 23.4. The van der Waals surface area contributed by atoms with Gasteiger partial charge in [-0.2, -0.15) is 12.7 Å². The monoisotopic (exact) mass is 405 g/mol. The van der Waals surface area contributed by atoms with Gasteiger partial charge in [-0.15, -0.1) is 0 Å². The average molecular weight is 405 g/mol. The Labute approximate surface area is 164 Å². The van der Waals surface area contributed by atoms with E-state index in [1.165, 1.54) is 38.4 Å². The zero-order valence-corrected chi connectivity index (χ0v) is 16.9. The fourth-order valence-electron chi connectivity index (χ4n) is 2.50. The summed E-state index contributed by atoms with van der Waals surface area (Å²) in [7, 11) is -1.11. The van der Waals surface area contributed by atoms with E-state index in [0.29, 0.717) is 11.4 Å². The van der Waals surface area contributed by atoms with E-state index in [0.717, 1.165) is 19.7 Å². The van der Waals surface area contributed by atoms with Crippen molar-refractivity contribution in [3.63, 3.8) is 0 Å². The molecule has 2 aromatic carbocycles. The van der Waals surface area contributed by atoms with Gasteiger partial charge < -0.3 is 10.4 Å². The Morgan fingerprint density at radius 2 is 1.64 bits per heavy atom. The second-order valence-corrected chi connectivity index (χ2v) is 8.58. The molecule has 0 atom stereocenters. The van der Waals surface area contributed by atoms with Crippen molar-refractivity contribution in [2.75, 3.05) is 30.3 Å². The molecule has 0 saturated heterocycles. The maximum atomic E-state index is 12.8. The SMILES string of the molecule is Cc1ccc(C)c(N(CC(=O)Nc2ccc(C(=O)O)cc2)S(=O)(=O)N(C)C)c1. The maximum absolute atomic E-state index is 12.8. The molecule has 0 fully saturated rings. The first-order valence-electron chi connectivity index (χ1n) is 8.43. The third-order valence-corrected chi connectivity index (χ3v) is 5.88. The molecule has 0 unspecified atom stereocenters. The summed E-state index contributed by atoms with van der Waals surface area (Å²) in [6, 6.07) is 11.0. The van der Waals surface area contributed by atoms with Crippen LogP contribution < -0.4 is 9.62 Å². The van der Waals surface area contributed by atoms with E-state index in [1.54, 1.807) is 19.1 Å². The number of benzene rings is 2. The Kier molecular flexibility index (Phi) is 6.42. The molecule has 0 aromatic heterocycles.